The topological polar surface area (TPSA) is 64.3 Å². The number of carbonyl (C=O) groups is 1. The average Bonchev–Trinajstić information content (AvgIpc) is 2.56. The summed E-state index contributed by atoms with van der Waals surface area (Å²) in [7, 11) is 1.59. The molecule has 4 heteroatoms. The summed E-state index contributed by atoms with van der Waals surface area (Å²) >= 11 is 0. The van der Waals surface area contributed by atoms with Crippen LogP contribution in [0.25, 0.3) is 11.1 Å². The van der Waals surface area contributed by atoms with Crippen LogP contribution in [-0.2, 0) is 6.54 Å². The van der Waals surface area contributed by atoms with E-state index in [4.69, 9.17) is 10.5 Å². The summed E-state index contributed by atoms with van der Waals surface area (Å²) < 4.78 is 5.18. The molecule has 4 nitrogen and oxygen atoms in total. The number of fused-ring (bicyclic) bond motifs is 3. The van der Waals surface area contributed by atoms with Crippen molar-refractivity contribution in [2.75, 3.05) is 12.8 Å². The summed E-state index contributed by atoms with van der Waals surface area (Å²) in [4.78, 5) is 12.1. The lowest BCUT2D eigenvalue weighted by Crippen LogP contribution is -2.21. The Kier molecular flexibility index (Phi) is 2.63. The number of hydrogen-bond acceptors (Lipinski definition) is 3. The van der Waals surface area contributed by atoms with Gasteiger partial charge in [-0.05, 0) is 47.0 Å². The van der Waals surface area contributed by atoms with Crippen molar-refractivity contribution in [1.29, 1.82) is 0 Å². The minimum atomic E-state index is -0.0938. The van der Waals surface area contributed by atoms with Gasteiger partial charge >= 0.3 is 0 Å². The van der Waals surface area contributed by atoms with Gasteiger partial charge < -0.3 is 15.8 Å². The molecule has 0 aliphatic carbocycles. The minimum absolute atomic E-state index is 0.0938. The number of ether oxygens (including phenoxy) is 1. The first-order valence-electron chi connectivity index (χ1n) is 6.04. The van der Waals surface area contributed by atoms with Crippen LogP contribution < -0.4 is 15.8 Å². The molecule has 0 atom stereocenters. The van der Waals surface area contributed by atoms with E-state index in [0.29, 0.717) is 23.5 Å². The van der Waals surface area contributed by atoms with Gasteiger partial charge in [-0.15, -0.1) is 0 Å². The minimum Gasteiger partial charge on any atom is -0.497 e. The summed E-state index contributed by atoms with van der Waals surface area (Å²) in [6.45, 7) is 0.482. The van der Waals surface area contributed by atoms with Gasteiger partial charge in [0.1, 0.15) is 5.75 Å². The van der Waals surface area contributed by atoms with E-state index in [1.807, 2.05) is 30.3 Å². The highest BCUT2D eigenvalue weighted by Crippen LogP contribution is 2.33. The van der Waals surface area contributed by atoms with Crippen LogP contribution in [-0.4, -0.2) is 13.0 Å². The number of anilines is 1. The molecular formula is C15H14N2O2. The summed E-state index contributed by atoms with van der Waals surface area (Å²) in [5.41, 5.74) is 10.1. The summed E-state index contributed by atoms with van der Waals surface area (Å²) in [6, 6.07) is 11.2. The van der Waals surface area contributed by atoms with E-state index in [2.05, 4.69) is 5.32 Å². The van der Waals surface area contributed by atoms with Gasteiger partial charge in [0, 0.05) is 12.2 Å². The maximum atomic E-state index is 12.1. The van der Waals surface area contributed by atoms with Crippen LogP contribution in [0.15, 0.2) is 36.4 Å². The lowest BCUT2D eigenvalue weighted by molar-refractivity contribution is 0.0952. The zero-order chi connectivity index (χ0) is 13.4. The summed E-state index contributed by atoms with van der Waals surface area (Å²) in [5.74, 6) is 0.580. The van der Waals surface area contributed by atoms with Crippen LogP contribution in [0.3, 0.4) is 0 Å². The largest absolute Gasteiger partial charge is 0.497 e. The van der Waals surface area contributed by atoms with Gasteiger partial charge in [0.05, 0.1) is 12.7 Å². The molecule has 2 aromatic rings. The first-order chi connectivity index (χ1) is 9.19. The van der Waals surface area contributed by atoms with Crippen molar-refractivity contribution in [3.05, 3.63) is 47.5 Å². The molecule has 2 aromatic carbocycles. The SMILES string of the molecule is COc1ccc2c(c1)C(=O)NCc1cc(N)ccc1-2. The molecule has 0 unspecified atom stereocenters. The molecule has 0 aromatic heterocycles. The van der Waals surface area contributed by atoms with Gasteiger partial charge in [0.15, 0.2) is 0 Å². The van der Waals surface area contributed by atoms with Gasteiger partial charge in [-0.2, -0.15) is 0 Å². The van der Waals surface area contributed by atoms with Gasteiger partial charge in [-0.1, -0.05) is 6.07 Å². The highest BCUT2D eigenvalue weighted by Gasteiger charge is 2.20. The van der Waals surface area contributed by atoms with E-state index >= 15 is 0 Å². The number of benzene rings is 2. The Morgan fingerprint density at radius 1 is 1.11 bits per heavy atom. The molecule has 1 aliphatic heterocycles. The number of methoxy groups -OCH3 is 1. The molecule has 1 aliphatic rings. The summed E-state index contributed by atoms with van der Waals surface area (Å²) in [5, 5.41) is 2.89. The molecule has 0 fully saturated rings. The van der Waals surface area contributed by atoms with E-state index < -0.39 is 0 Å². The van der Waals surface area contributed by atoms with Crippen LogP contribution in [0, 0.1) is 0 Å². The van der Waals surface area contributed by atoms with E-state index in [-0.39, 0.29) is 5.91 Å². The normalized spacial score (nSPS) is 13.0. The molecule has 1 amide bonds. The Morgan fingerprint density at radius 2 is 1.89 bits per heavy atom. The first kappa shape index (κ1) is 11.6. The van der Waals surface area contributed by atoms with Gasteiger partial charge in [0.25, 0.3) is 5.91 Å². The van der Waals surface area contributed by atoms with Crippen molar-refractivity contribution in [2.45, 2.75) is 6.54 Å². The number of hydrogen-bond donors (Lipinski definition) is 2. The standard InChI is InChI=1S/C15H14N2O2/c1-19-11-3-5-13-12-4-2-10(16)6-9(12)8-17-15(18)14(13)7-11/h2-7H,8,16H2,1H3,(H,17,18). The number of nitrogen functional groups attached to an aromatic ring is 1. The molecule has 3 rings (SSSR count). The summed E-state index contributed by atoms with van der Waals surface area (Å²) in [6.07, 6.45) is 0. The molecule has 0 spiro atoms. The number of nitrogens with two attached hydrogens (primary N) is 1. The van der Waals surface area contributed by atoms with Crippen molar-refractivity contribution in [1.82, 2.24) is 5.32 Å². The molecule has 0 saturated heterocycles. The molecule has 0 radical (unpaired) electrons. The number of rotatable bonds is 1. The zero-order valence-corrected chi connectivity index (χ0v) is 10.6. The van der Waals surface area contributed by atoms with Crippen LogP contribution >= 0.6 is 0 Å². The average molecular weight is 254 g/mol. The molecule has 3 N–H and O–H groups in total. The lowest BCUT2D eigenvalue weighted by Gasteiger charge is -2.09. The second-order valence-electron chi connectivity index (χ2n) is 4.51. The maximum Gasteiger partial charge on any atom is 0.252 e. The third-order valence-electron chi connectivity index (χ3n) is 3.33. The molecule has 0 bridgehead atoms. The lowest BCUT2D eigenvalue weighted by atomic mass is 9.96. The van der Waals surface area contributed by atoms with Crippen molar-refractivity contribution >= 4 is 11.6 Å². The third-order valence-corrected chi connectivity index (χ3v) is 3.33. The number of amides is 1. The fraction of sp³-hybridized carbons (Fsp3) is 0.133. The van der Waals surface area contributed by atoms with Gasteiger partial charge in [-0.3, -0.25) is 4.79 Å². The van der Waals surface area contributed by atoms with E-state index in [1.54, 1.807) is 13.2 Å². The van der Waals surface area contributed by atoms with Gasteiger partial charge in [0.2, 0.25) is 0 Å². The zero-order valence-electron chi connectivity index (χ0n) is 10.6. The van der Waals surface area contributed by atoms with E-state index in [9.17, 15) is 4.79 Å². The molecule has 0 saturated carbocycles. The van der Waals surface area contributed by atoms with Crippen LogP contribution in [0.2, 0.25) is 0 Å². The highest BCUT2D eigenvalue weighted by atomic mass is 16.5. The maximum absolute atomic E-state index is 12.1. The Hall–Kier alpha value is -2.49. The number of nitrogens with one attached hydrogen (secondary N) is 1. The Morgan fingerprint density at radius 3 is 2.68 bits per heavy atom. The van der Waals surface area contributed by atoms with Crippen LogP contribution in [0.4, 0.5) is 5.69 Å². The van der Waals surface area contributed by atoms with E-state index in [0.717, 1.165) is 16.7 Å². The second-order valence-corrected chi connectivity index (χ2v) is 4.51. The molecule has 19 heavy (non-hydrogen) atoms. The monoisotopic (exact) mass is 254 g/mol. The Labute approximate surface area is 111 Å². The van der Waals surface area contributed by atoms with Crippen molar-refractivity contribution in [3.63, 3.8) is 0 Å². The molecule has 1 heterocycles. The molecule has 96 valence electrons. The quantitative estimate of drug-likeness (QED) is 0.767. The highest BCUT2D eigenvalue weighted by molar-refractivity contribution is 6.02. The Bertz CT molecular complexity index is 665. The first-order valence-corrected chi connectivity index (χ1v) is 6.04. The third kappa shape index (κ3) is 1.91. The second kappa shape index (κ2) is 4.31. The fourth-order valence-electron chi connectivity index (χ4n) is 2.37. The van der Waals surface area contributed by atoms with Crippen LogP contribution in [0.5, 0.6) is 5.75 Å². The van der Waals surface area contributed by atoms with Crippen LogP contribution in [0.1, 0.15) is 15.9 Å². The van der Waals surface area contributed by atoms with Crippen molar-refractivity contribution < 1.29 is 9.53 Å². The smallest absolute Gasteiger partial charge is 0.252 e. The fourth-order valence-corrected chi connectivity index (χ4v) is 2.37. The van der Waals surface area contributed by atoms with E-state index in [1.165, 1.54) is 0 Å². The number of carbonyl (C=O) groups excluding carboxylic acids is 1. The molecular weight excluding hydrogens is 240 g/mol. The predicted octanol–water partition coefficient (Wildman–Crippen LogP) is 2.19. The van der Waals surface area contributed by atoms with Gasteiger partial charge in [-0.25, -0.2) is 0 Å². The Balaban J connectivity index is 2.25. The van der Waals surface area contributed by atoms with Crippen molar-refractivity contribution in [3.8, 4) is 16.9 Å². The van der Waals surface area contributed by atoms with Crippen molar-refractivity contribution in [2.24, 2.45) is 0 Å². The predicted molar refractivity (Wildman–Crippen MR) is 74.0 cm³/mol.